The van der Waals surface area contributed by atoms with Gasteiger partial charge in [0.25, 0.3) is 5.91 Å². The number of carbonyl (C=O) groups is 3. The molecule has 0 aromatic heterocycles. The van der Waals surface area contributed by atoms with Crippen LogP contribution >= 0.6 is 11.8 Å². The van der Waals surface area contributed by atoms with Crippen LogP contribution in [0.2, 0.25) is 0 Å². The van der Waals surface area contributed by atoms with Gasteiger partial charge in [-0.2, -0.15) is 11.8 Å². The van der Waals surface area contributed by atoms with Gasteiger partial charge in [-0.15, -0.1) is 0 Å². The fraction of sp³-hybridized carbons (Fsp3) is 0.333. The van der Waals surface area contributed by atoms with Gasteiger partial charge in [-0.25, -0.2) is 0 Å². The number of nitrogens with two attached hydrogens (primary N) is 1. The van der Waals surface area contributed by atoms with E-state index in [4.69, 9.17) is 10.5 Å². The van der Waals surface area contributed by atoms with Crippen molar-refractivity contribution in [3.8, 4) is 0 Å². The smallest absolute Gasteiger partial charge is 0.256 e. The van der Waals surface area contributed by atoms with Gasteiger partial charge in [-0.3, -0.25) is 14.4 Å². The number of ketones is 1. The third-order valence-electron chi connectivity index (χ3n) is 4.52. The number of hydrogen-bond donors (Lipinski definition) is 2. The topological polar surface area (TPSA) is 98.5 Å². The van der Waals surface area contributed by atoms with Gasteiger partial charge < -0.3 is 15.8 Å². The molecule has 0 spiro atoms. The van der Waals surface area contributed by atoms with E-state index in [2.05, 4.69) is 5.32 Å². The van der Waals surface area contributed by atoms with Crippen molar-refractivity contribution in [3.05, 3.63) is 54.5 Å². The lowest BCUT2D eigenvalue weighted by molar-refractivity contribution is -0.140. The van der Waals surface area contributed by atoms with Crippen LogP contribution in [0.3, 0.4) is 0 Å². The first kappa shape index (κ1) is 17.7. The molecule has 1 fully saturated rings. The summed E-state index contributed by atoms with van der Waals surface area (Å²) in [5, 5.41) is 2.68. The standard InChI is InChI=1S/C18H19N2O4S/c19-16(23)18-9-4-8-17(18,14(21)11-24-18)20-15(22)7-10-25-12-13-5-2-1-3-6-13/h1-7,9H,8,10-12H2,(H2,19,23)(H,20,22). The molecule has 2 aliphatic rings. The zero-order valence-corrected chi connectivity index (χ0v) is 14.4. The molecule has 2 atom stereocenters. The quantitative estimate of drug-likeness (QED) is 0.553. The van der Waals surface area contributed by atoms with E-state index in [1.807, 2.05) is 30.3 Å². The summed E-state index contributed by atoms with van der Waals surface area (Å²) < 4.78 is 5.38. The van der Waals surface area contributed by atoms with E-state index in [0.29, 0.717) is 5.75 Å². The van der Waals surface area contributed by atoms with Crippen molar-refractivity contribution in [2.24, 2.45) is 5.73 Å². The fourth-order valence-corrected chi connectivity index (χ4v) is 4.03. The van der Waals surface area contributed by atoms with Crippen LogP contribution < -0.4 is 11.1 Å². The summed E-state index contributed by atoms with van der Waals surface area (Å²) in [6.07, 6.45) is 4.79. The van der Waals surface area contributed by atoms with E-state index in [9.17, 15) is 14.4 Å². The van der Waals surface area contributed by atoms with Crippen LogP contribution in [0.5, 0.6) is 0 Å². The molecule has 1 heterocycles. The number of nitrogens with one attached hydrogen (secondary N) is 1. The molecule has 1 aliphatic carbocycles. The molecule has 1 aromatic carbocycles. The maximum absolute atomic E-state index is 12.3. The Hall–Kier alpha value is -2.12. The Labute approximate surface area is 150 Å². The first-order valence-corrected chi connectivity index (χ1v) is 9.07. The van der Waals surface area contributed by atoms with Crippen LogP contribution in [0.15, 0.2) is 42.5 Å². The Bertz CT molecular complexity index is 721. The lowest BCUT2D eigenvalue weighted by atomic mass is 9.80. The van der Waals surface area contributed by atoms with E-state index in [-0.39, 0.29) is 18.8 Å². The van der Waals surface area contributed by atoms with E-state index < -0.39 is 23.0 Å². The molecule has 3 N–H and O–H groups in total. The number of hydrogen-bond acceptors (Lipinski definition) is 5. The van der Waals surface area contributed by atoms with Crippen LogP contribution in [0.25, 0.3) is 0 Å². The van der Waals surface area contributed by atoms with Gasteiger partial charge in [0.15, 0.2) is 11.4 Å². The molecule has 6 nitrogen and oxygen atoms in total. The van der Waals surface area contributed by atoms with Gasteiger partial charge in [0.05, 0.1) is 6.42 Å². The number of rotatable bonds is 7. The minimum Gasteiger partial charge on any atom is -0.367 e. The Morgan fingerprint density at radius 1 is 1.32 bits per heavy atom. The first-order valence-electron chi connectivity index (χ1n) is 7.92. The highest BCUT2D eigenvalue weighted by Crippen LogP contribution is 2.42. The van der Waals surface area contributed by atoms with E-state index in [1.54, 1.807) is 17.8 Å². The summed E-state index contributed by atoms with van der Waals surface area (Å²) in [6, 6.07) is 9.92. The van der Waals surface area contributed by atoms with Crippen LogP contribution in [0, 0.1) is 6.42 Å². The molecular formula is C18H19N2O4S. The predicted molar refractivity (Wildman–Crippen MR) is 94.4 cm³/mol. The van der Waals surface area contributed by atoms with Gasteiger partial charge in [0.2, 0.25) is 5.91 Å². The molecular weight excluding hydrogens is 340 g/mol. The van der Waals surface area contributed by atoms with Gasteiger partial charge in [0.1, 0.15) is 12.1 Å². The highest BCUT2D eigenvalue weighted by molar-refractivity contribution is 7.98. The number of ether oxygens (including phenoxy) is 1. The summed E-state index contributed by atoms with van der Waals surface area (Å²) >= 11 is 1.58. The van der Waals surface area contributed by atoms with Crippen molar-refractivity contribution < 1.29 is 19.1 Å². The number of thioether (sulfide) groups is 1. The molecule has 1 saturated heterocycles. The van der Waals surface area contributed by atoms with Crippen LogP contribution in [-0.2, 0) is 24.9 Å². The van der Waals surface area contributed by atoms with Crippen molar-refractivity contribution >= 4 is 29.4 Å². The summed E-state index contributed by atoms with van der Waals surface area (Å²) in [7, 11) is 0. The Morgan fingerprint density at radius 2 is 2.08 bits per heavy atom. The number of fused-ring (bicyclic) bond motifs is 1. The minimum atomic E-state index is -1.58. The zero-order valence-electron chi connectivity index (χ0n) is 13.6. The highest BCUT2D eigenvalue weighted by atomic mass is 32.2. The molecule has 2 amide bonds. The van der Waals surface area contributed by atoms with Crippen molar-refractivity contribution in [3.63, 3.8) is 0 Å². The number of carbonyl (C=O) groups excluding carboxylic acids is 3. The second kappa shape index (κ2) is 7.01. The number of amides is 2. The SMILES string of the molecule is NC(=O)C12C=CCC1(NC(=O)[CH]CSCc1ccccc1)C(=O)CO2. The Morgan fingerprint density at radius 3 is 2.80 bits per heavy atom. The van der Waals surface area contributed by atoms with Crippen molar-refractivity contribution in [2.75, 3.05) is 12.4 Å². The highest BCUT2D eigenvalue weighted by Gasteiger charge is 2.66. The lowest BCUT2D eigenvalue weighted by Gasteiger charge is -2.35. The average molecular weight is 359 g/mol. The molecule has 131 valence electrons. The molecule has 7 heteroatoms. The Balaban J connectivity index is 1.57. The molecule has 0 saturated carbocycles. The molecule has 1 aliphatic heterocycles. The normalized spacial score (nSPS) is 27.3. The molecule has 2 unspecified atom stereocenters. The number of primary amides is 1. The molecule has 1 radical (unpaired) electrons. The summed E-state index contributed by atoms with van der Waals surface area (Å²) in [5.41, 5.74) is 3.62. The largest absolute Gasteiger partial charge is 0.367 e. The number of benzene rings is 1. The predicted octanol–water partition coefficient (Wildman–Crippen LogP) is 0.762. The second-order valence-electron chi connectivity index (χ2n) is 6.02. The second-order valence-corrected chi connectivity index (χ2v) is 7.05. The van der Waals surface area contributed by atoms with Crippen LogP contribution in [-0.4, -0.2) is 41.1 Å². The first-order chi connectivity index (χ1) is 12.0. The average Bonchev–Trinajstić information content (AvgIpc) is 3.09. The summed E-state index contributed by atoms with van der Waals surface area (Å²) in [6.45, 7) is -0.240. The third kappa shape index (κ3) is 3.09. The molecule has 3 rings (SSSR count). The van der Waals surface area contributed by atoms with Gasteiger partial charge in [-0.05, 0) is 18.1 Å². The summed E-state index contributed by atoms with van der Waals surface area (Å²) in [4.78, 5) is 36.5. The Kier molecular flexibility index (Phi) is 4.96. The van der Waals surface area contributed by atoms with E-state index in [1.165, 1.54) is 18.1 Å². The zero-order chi connectivity index (χ0) is 17.9. The third-order valence-corrected chi connectivity index (χ3v) is 5.46. The fourth-order valence-electron chi connectivity index (χ4n) is 3.21. The van der Waals surface area contributed by atoms with Crippen molar-refractivity contribution in [2.45, 2.75) is 23.3 Å². The maximum Gasteiger partial charge on any atom is 0.256 e. The van der Waals surface area contributed by atoms with E-state index >= 15 is 0 Å². The van der Waals surface area contributed by atoms with Crippen LogP contribution in [0.1, 0.15) is 12.0 Å². The van der Waals surface area contributed by atoms with Gasteiger partial charge in [-0.1, -0.05) is 36.4 Å². The summed E-state index contributed by atoms with van der Waals surface area (Å²) in [5.74, 6) is -0.248. The molecule has 25 heavy (non-hydrogen) atoms. The van der Waals surface area contributed by atoms with Gasteiger partial charge >= 0.3 is 0 Å². The minimum absolute atomic E-state index is 0.200. The van der Waals surface area contributed by atoms with Crippen molar-refractivity contribution in [1.29, 1.82) is 0 Å². The maximum atomic E-state index is 12.3. The molecule has 1 aromatic rings. The number of Topliss-reactive ketones (excluding diaryl/α,β-unsaturated/α-hetero) is 1. The van der Waals surface area contributed by atoms with Crippen molar-refractivity contribution in [1.82, 2.24) is 5.32 Å². The van der Waals surface area contributed by atoms with E-state index in [0.717, 1.165) is 5.75 Å². The monoisotopic (exact) mass is 359 g/mol. The lowest BCUT2D eigenvalue weighted by Crippen LogP contribution is -2.67. The van der Waals surface area contributed by atoms with Gasteiger partial charge in [0, 0.05) is 11.5 Å². The molecule has 0 bridgehead atoms. The van der Waals surface area contributed by atoms with Crippen LogP contribution in [0.4, 0.5) is 0 Å².